The zero-order valence-corrected chi connectivity index (χ0v) is 11.9. The number of thiazole rings is 1. The number of carbonyl (C=O) groups is 1. The highest BCUT2D eigenvalue weighted by Gasteiger charge is 2.20. The third-order valence-corrected chi connectivity index (χ3v) is 3.20. The van der Waals surface area contributed by atoms with Gasteiger partial charge in [0.15, 0.2) is 5.13 Å². The molecule has 0 bridgehead atoms. The number of aromatic nitrogens is 1. The summed E-state index contributed by atoms with van der Waals surface area (Å²) in [7, 11) is 7.49. The van der Waals surface area contributed by atoms with Gasteiger partial charge in [-0.25, -0.2) is 9.78 Å². The number of aryl methyl sites for hydroxylation is 1. The predicted octanol–water partition coefficient (Wildman–Crippen LogP) is 1.50. The highest BCUT2D eigenvalue weighted by Crippen LogP contribution is 2.20. The van der Waals surface area contributed by atoms with Crippen LogP contribution in [0.1, 0.15) is 5.69 Å². The molecule has 6 heteroatoms. The van der Waals surface area contributed by atoms with Gasteiger partial charge < -0.3 is 9.80 Å². The van der Waals surface area contributed by atoms with E-state index in [1.54, 1.807) is 23.9 Å². The van der Waals surface area contributed by atoms with E-state index in [9.17, 15) is 4.79 Å². The van der Waals surface area contributed by atoms with Gasteiger partial charge in [0.25, 0.3) is 0 Å². The first kappa shape index (κ1) is 13.9. The van der Waals surface area contributed by atoms with Crippen molar-refractivity contribution in [3.8, 4) is 0 Å². The Morgan fingerprint density at radius 1 is 1.29 bits per heavy atom. The van der Waals surface area contributed by atoms with Crippen LogP contribution in [0.2, 0.25) is 0 Å². The fourth-order valence-electron chi connectivity index (χ4n) is 1.28. The van der Waals surface area contributed by atoms with Crippen molar-refractivity contribution in [3.05, 3.63) is 11.1 Å². The quantitative estimate of drug-likeness (QED) is 0.819. The molecule has 0 spiro atoms. The van der Waals surface area contributed by atoms with Gasteiger partial charge in [-0.2, -0.15) is 0 Å². The van der Waals surface area contributed by atoms with E-state index in [4.69, 9.17) is 0 Å². The number of nitrogens with zero attached hydrogens (tertiary/aromatic N) is 4. The molecule has 0 aliphatic rings. The molecule has 1 rings (SSSR count). The SMILES string of the molecule is Cc1csc(N(CCN(C)C)C(=O)N(C)C)n1. The van der Waals surface area contributed by atoms with Crippen molar-refractivity contribution >= 4 is 22.5 Å². The number of urea groups is 1. The zero-order chi connectivity index (χ0) is 13.0. The number of anilines is 1. The van der Waals surface area contributed by atoms with E-state index in [-0.39, 0.29) is 6.03 Å². The van der Waals surface area contributed by atoms with E-state index in [1.807, 2.05) is 26.4 Å². The van der Waals surface area contributed by atoms with Crippen LogP contribution in [0.25, 0.3) is 0 Å². The molecule has 0 aliphatic carbocycles. The van der Waals surface area contributed by atoms with Crippen LogP contribution in [0.4, 0.5) is 9.93 Å². The molecule has 5 nitrogen and oxygen atoms in total. The first-order valence-electron chi connectivity index (χ1n) is 5.47. The summed E-state index contributed by atoms with van der Waals surface area (Å²) >= 11 is 1.50. The lowest BCUT2D eigenvalue weighted by Gasteiger charge is -2.25. The number of hydrogen-bond acceptors (Lipinski definition) is 4. The van der Waals surface area contributed by atoms with E-state index in [1.165, 1.54) is 11.3 Å². The molecule has 1 aromatic heterocycles. The van der Waals surface area contributed by atoms with Crippen LogP contribution < -0.4 is 4.90 Å². The van der Waals surface area contributed by atoms with E-state index in [2.05, 4.69) is 9.88 Å². The number of carbonyl (C=O) groups excluding carboxylic acids is 1. The molecule has 17 heavy (non-hydrogen) atoms. The molecule has 0 radical (unpaired) electrons. The fraction of sp³-hybridized carbons (Fsp3) is 0.636. The Kier molecular flexibility index (Phi) is 4.89. The third-order valence-electron chi connectivity index (χ3n) is 2.22. The topological polar surface area (TPSA) is 39.7 Å². The van der Waals surface area contributed by atoms with Gasteiger partial charge in [0.1, 0.15) is 0 Å². The minimum absolute atomic E-state index is 0.0267. The molecule has 0 atom stereocenters. The monoisotopic (exact) mass is 256 g/mol. The standard InChI is InChI=1S/C11H20N4OS/c1-9-8-17-10(12-9)15(7-6-13(2)3)11(16)14(4)5/h8H,6-7H2,1-5H3. The van der Waals surface area contributed by atoms with Crippen molar-refractivity contribution in [2.45, 2.75) is 6.92 Å². The van der Waals surface area contributed by atoms with E-state index in [0.717, 1.165) is 17.4 Å². The maximum Gasteiger partial charge on any atom is 0.325 e. The van der Waals surface area contributed by atoms with Crippen molar-refractivity contribution in [1.82, 2.24) is 14.8 Å². The lowest BCUT2D eigenvalue weighted by molar-refractivity contribution is 0.223. The van der Waals surface area contributed by atoms with Gasteiger partial charge in [0, 0.05) is 32.6 Å². The van der Waals surface area contributed by atoms with E-state index < -0.39 is 0 Å². The van der Waals surface area contributed by atoms with E-state index in [0.29, 0.717) is 6.54 Å². The molecular weight excluding hydrogens is 236 g/mol. The average Bonchev–Trinajstić information content (AvgIpc) is 2.64. The molecule has 0 aliphatic heterocycles. The van der Waals surface area contributed by atoms with Crippen LogP contribution in [-0.2, 0) is 0 Å². The van der Waals surface area contributed by atoms with Crippen LogP contribution in [0, 0.1) is 6.92 Å². The Bertz CT molecular complexity index is 375. The van der Waals surface area contributed by atoms with Crippen LogP contribution in [0.3, 0.4) is 0 Å². The number of hydrogen-bond donors (Lipinski definition) is 0. The first-order chi connectivity index (χ1) is 7.91. The van der Waals surface area contributed by atoms with Gasteiger partial charge in [-0.3, -0.25) is 4.90 Å². The van der Waals surface area contributed by atoms with Crippen molar-refractivity contribution in [2.75, 3.05) is 46.2 Å². The normalized spacial score (nSPS) is 10.7. The largest absolute Gasteiger partial charge is 0.330 e. The molecule has 0 saturated heterocycles. The first-order valence-corrected chi connectivity index (χ1v) is 6.35. The van der Waals surface area contributed by atoms with Crippen LogP contribution in [0.15, 0.2) is 5.38 Å². The minimum Gasteiger partial charge on any atom is -0.330 e. The number of likely N-dealkylation sites (N-methyl/N-ethyl adjacent to an activating group) is 1. The van der Waals surface area contributed by atoms with Crippen LogP contribution in [0.5, 0.6) is 0 Å². The van der Waals surface area contributed by atoms with Gasteiger partial charge >= 0.3 is 6.03 Å². The summed E-state index contributed by atoms with van der Waals surface area (Å²) in [6, 6.07) is -0.0267. The average molecular weight is 256 g/mol. The third kappa shape index (κ3) is 3.98. The van der Waals surface area contributed by atoms with Crippen molar-refractivity contribution < 1.29 is 4.79 Å². The second-order valence-electron chi connectivity index (χ2n) is 4.40. The summed E-state index contributed by atoms with van der Waals surface area (Å²) in [5.74, 6) is 0. The van der Waals surface area contributed by atoms with Gasteiger partial charge in [-0.1, -0.05) is 0 Å². The second-order valence-corrected chi connectivity index (χ2v) is 5.24. The van der Waals surface area contributed by atoms with Gasteiger partial charge in [0.05, 0.1) is 5.69 Å². The lowest BCUT2D eigenvalue weighted by Crippen LogP contribution is -2.42. The molecule has 0 N–H and O–H groups in total. The molecular formula is C11H20N4OS. The Morgan fingerprint density at radius 2 is 1.94 bits per heavy atom. The summed E-state index contributed by atoms with van der Waals surface area (Å²) in [6.45, 7) is 3.40. The van der Waals surface area contributed by atoms with Crippen molar-refractivity contribution in [1.29, 1.82) is 0 Å². The Labute approximate surface area is 107 Å². The van der Waals surface area contributed by atoms with Crippen LogP contribution >= 0.6 is 11.3 Å². The van der Waals surface area contributed by atoms with Crippen molar-refractivity contribution in [3.63, 3.8) is 0 Å². The van der Waals surface area contributed by atoms with Crippen molar-refractivity contribution in [2.24, 2.45) is 0 Å². The zero-order valence-electron chi connectivity index (χ0n) is 11.1. The maximum atomic E-state index is 12.1. The fourth-order valence-corrected chi connectivity index (χ4v) is 2.10. The number of rotatable bonds is 4. The summed E-state index contributed by atoms with van der Waals surface area (Å²) in [5.41, 5.74) is 0.950. The van der Waals surface area contributed by atoms with Gasteiger partial charge in [-0.15, -0.1) is 11.3 Å². The smallest absolute Gasteiger partial charge is 0.325 e. The Morgan fingerprint density at radius 3 is 2.35 bits per heavy atom. The molecule has 2 amide bonds. The molecule has 0 unspecified atom stereocenters. The molecule has 0 saturated carbocycles. The molecule has 96 valence electrons. The highest BCUT2D eigenvalue weighted by atomic mass is 32.1. The van der Waals surface area contributed by atoms with Crippen LogP contribution in [-0.4, -0.2) is 62.1 Å². The summed E-state index contributed by atoms with van der Waals surface area (Å²) in [4.78, 5) is 21.8. The minimum atomic E-state index is -0.0267. The lowest BCUT2D eigenvalue weighted by atomic mass is 10.5. The summed E-state index contributed by atoms with van der Waals surface area (Å²) < 4.78 is 0. The Balaban J connectivity index is 2.82. The summed E-state index contributed by atoms with van der Waals surface area (Å²) in [5, 5.41) is 2.73. The predicted molar refractivity (Wildman–Crippen MR) is 71.8 cm³/mol. The molecule has 1 heterocycles. The number of amides is 2. The molecule has 0 fully saturated rings. The van der Waals surface area contributed by atoms with E-state index >= 15 is 0 Å². The highest BCUT2D eigenvalue weighted by molar-refractivity contribution is 7.14. The van der Waals surface area contributed by atoms with Gasteiger partial charge in [-0.05, 0) is 21.0 Å². The maximum absolute atomic E-state index is 12.1. The van der Waals surface area contributed by atoms with Gasteiger partial charge in [0.2, 0.25) is 0 Å². The Hall–Kier alpha value is -1.14. The molecule has 1 aromatic rings. The summed E-state index contributed by atoms with van der Waals surface area (Å²) in [6.07, 6.45) is 0. The molecule has 0 aromatic carbocycles. The second kappa shape index (κ2) is 5.97.